The Morgan fingerprint density at radius 3 is 1.36 bits per heavy atom. The highest BCUT2D eigenvalue weighted by atomic mass is 16.6. The molecule has 4 fully saturated rings. The zero-order chi connectivity index (χ0) is 19.7. The normalized spacial score (nSPS) is 38.8. The Kier molecular flexibility index (Phi) is 7.09. The van der Waals surface area contributed by atoms with Gasteiger partial charge in [-0.2, -0.15) is 0 Å². The zero-order valence-corrected chi connectivity index (χ0v) is 19.1. The Hall–Kier alpha value is -0.0800. The summed E-state index contributed by atoms with van der Waals surface area (Å²) in [5.41, 5.74) is 0. The van der Waals surface area contributed by atoms with Crippen molar-refractivity contribution in [3.8, 4) is 0 Å². The van der Waals surface area contributed by atoms with Crippen LogP contribution < -0.4 is 0 Å². The minimum Gasteiger partial charge on any atom is -0.370 e. The fourth-order valence-electron chi connectivity index (χ4n) is 6.99. The molecule has 0 aromatic heterocycles. The predicted molar refractivity (Wildman–Crippen MR) is 116 cm³/mol. The van der Waals surface area contributed by atoms with E-state index < -0.39 is 0 Å². The van der Waals surface area contributed by atoms with Gasteiger partial charge in [0.15, 0.2) is 0 Å². The van der Waals surface area contributed by atoms with Gasteiger partial charge in [0, 0.05) is 0 Å². The molecule has 0 aromatic carbocycles. The molecule has 0 radical (unpaired) electrons. The summed E-state index contributed by atoms with van der Waals surface area (Å²) in [4.78, 5) is 0. The van der Waals surface area contributed by atoms with Gasteiger partial charge in [-0.05, 0) is 86.9 Å². The van der Waals surface area contributed by atoms with Crippen molar-refractivity contribution in [2.24, 2.45) is 35.5 Å². The smallest absolute Gasteiger partial charge is 0.0844 e. The van der Waals surface area contributed by atoms with Crippen molar-refractivity contribution in [1.82, 2.24) is 0 Å². The Balaban J connectivity index is 1.12. The Labute approximate surface area is 174 Å². The van der Waals surface area contributed by atoms with E-state index in [1.807, 2.05) is 0 Å². The zero-order valence-electron chi connectivity index (χ0n) is 19.1. The average Bonchev–Trinajstić information content (AvgIpc) is 3.56. The van der Waals surface area contributed by atoms with Crippen molar-refractivity contribution >= 4 is 0 Å². The van der Waals surface area contributed by atoms with Crippen molar-refractivity contribution in [3.63, 3.8) is 0 Å². The minimum absolute atomic E-state index is 0.643. The van der Waals surface area contributed by atoms with E-state index in [9.17, 15) is 0 Å². The molecular formula is C26H46O2. The summed E-state index contributed by atoms with van der Waals surface area (Å²) in [6, 6.07) is 0. The van der Waals surface area contributed by atoms with E-state index in [-0.39, 0.29) is 0 Å². The van der Waals surface area contributed by atoms with Crippen LogP contribution >= 0.6 is 0 Å². The lowest BCUT2D eigenvalue weighted by Gasteiger charge is -2.32. The number of unbranched alkanes of at least 4 members (excludes halogenated alkanes) is 3. The largest absolute Gasteiger partial charge is 0.370 e. The van der Waals surface area contributed by atoms with Crippen molar-refractivity contribution in [2.45, 2.75) is 129 Å². The van der Waals surface area contributed by atoms with Crippen LogP contribution in [0.1, 0.15) is 105 Å². The summed E-state index contributed by atoms with van der Waals surface area (Å²) < 4.78 is 11.6. The molecule has 0 amide bonds. The number of hydrogen-bond donors (Lipinski definition) is 0. The van der Waals surface area contributed by atoms with Crippen molar-refractivity contribution < 1.29 is 9.47 Å². The highest BCUT2D eigenvalue weighted by Gasteiger charge is 2.46. The topological polar surface area (TPSA) is 25.1 Å². The molecule has 2 heterocycles. The third-order valence-corrected chi connectivity index (χ3v) is 8.84. The van der Waals surface area contributed by atoms with Crippen LogP contribution in [0.15, 0.2) is 0 Å². The molecule has 2 aliphatic carbocycles. The fourth-order valence-corrected chi connectivity index (χ4v) is 6.99. The summed E-state index contributed by atoms with van der Waals surface area (Å²) >= 11 is 0. The predicted octanol–water partition coefficient (Wildman–Crippen LogP) is 7.01. The molecule has 8 atom stereocenters. The molecule has 2 nitrogen and oxygen atoms in total. The first-order valence-corrected chi connectivity index (χ1v) is 12.8. The third kappa shape index (κ3) is 5.34. The molecular weight excluding hydrogens is 344 g/mol. The van der Waals surface area contributed by atoms with E-state index in [1.165, 1.54) is 77.0 Å². The average molecular weight is 391 g/mol. The molecule has 8 unspecified atom stereocenters. The molecule has 0 spiro atoms. The van der Waals surface area contributed by atoms with E-state index in [4.69, 9.17) is 9.47 Å². The molecule has 162 valence electrons. The second kappa shape index (κ2) is 9.38. The number of epoxide rings is 2. The highest BCUT2D eigenvalue weighted by molar-refractivity contribution is 4.95. The van der Waals surface area contributed by atoms with Crippen LogP contribution in [-0.2, 0) is 9.47 Å². The van der Waals surface area contributed by atoms with E-state index >= 15 is 0 Å². The van der Waals surface area contributed by atoms with Crippen LogP contribution in [0.2, 0.25) is 0 Å². The van der Waals surface area contributed by atoms with Gasteiger partial charge in [-0.15, -0.1) is 0 Å². The maximum absolute atomic E-state index is 5.79. The molecule has 28 heavy (non-hydrogen) atoms. The van der Waals surface area contributed by atoms with E-state index in [0.717, 1.165) is 35.5 Å². The first-order valence-electron chi connectivity index (χ1n) is 12.8. The van der Waals surface area contributed by atoms with Gasteiger partial charge in [0.1, 0.15) is 0 Å². The first-order chi connectivity index (χ1) is 13.5. The van der Waals surface area contributed by atoms with Crippen LogP contribution in [0.25, 0.3) is 0 Å². The highest BCUT2D eigenvalue weighted by Crippen LogP contribution is 2.46. The second-order valence-electron chi connectivity index (χ2n) is 11.4. The molecule has 2 aliphatic heterocycles. The summed E-state index contributed by atoms with van der Waals surface area (Å²) in [5, 5.41) is 0. The maximum Gasteiger partial charge on any atom is 0.0844 e. The third-order valence-electron chi connectivity index (χ3n) is 8.84. The maximum atomic E-state index is 5.79. The summed E-state index contributed by atoms with van der Waals surface area (Å²) in [5.74, 6) is 5.42. The van der Waals surface area contributed by atoms with Crippen molar-refractivity contribution in [1.29, 1.82) is 0 Å². The molecule has 2 saturated carbocycles. The Morgan fingerprint density at radius 2 is 1.00 bits per heavy atom. The number of ether oxygens (including phenoxy) is 2. The van der Waals surface area contributed by atoms with Gasteiger partial charge in [0.25, 0.3) is 0 Å². The molecule has 0 aromatic rings. The number of rotatable bonds is 11. The van der Waals surface area contributed by atoms with Crippen molar-refractivity contribution in [3.05, 3.63) is 0 Å². The molecule has 0 bridgehead atoms. The summed E-state index contributed by atoms with van der Waals surface area (Å²) in [6.45, 7) is 9.82. The lowest BCUT2D eigenvalue weighted by Crippen LogP contribution is -2.26. The molecule has 4 rings (SSSR count). The van der Waals surface area contributed by atoms with Gasteiger partial charge in [-0.1, -0.05) is 53.4 Å². The summed E-state index contributed by atoms with van der Waals surface area (Å²) in [6.07, 6.45) is 19.5. The number of fused-ring (bicyclic) bond motifs is 2. The van der Waals surface area contributed by atoms with Gasteiger partial charge >= 0.3 is 0 Å². The molecule has 4 aliphatic rings. The lowest BCUT2D eigenvalue weighted by atomic mass is 9.72. The van der Waals surface area contributed by atoms with Crippen LogP contribution in [0.3, 0.4) is 0 Å². The Morgan fingerprint density at radius 1 is 0.571 bits per heavy atom. The van der Waals surface area contributed by atoms with E-state index in [1.54, 1.807) is 0 Å². The molecule has 2 saturated heterocycles. The first kappa shape index (κ1) is 21.2. The van der Waals surface area contributed by atoms with Crippen LogP contribution in [0.4, 0.5) is 0 Å². The minimum atomic E-state index is 0.643. The van der Waals surface area contributed by atoms with Gasteiger partial charge in [0.2, 0.25) is 0 Å². The second-order valence-corrected chi connectivity index (χ2v) is 11.4. The van der Waals surface area contributed by atoms with Gasteiger partial charge in [0.05, 0.1) is 24.4 Å². The van der Waals surface area contributed by atoms with Gasteiger partial charge in [-0.25, -0.2) is 0 Å². The van der Waals surface area contributed by atoms with Crippen molar-refractivity contribution in [2.75, 3.05) is 0 Å². The molecule has 2 heteroatoms. The summed E-state index contributed by atoms with van der Waals surface area (Å²) in [7, 11) is 0. The van der Waals surface area contributed by atoms with Crippen LogP contribution in [0.5, 0.6) is 0 Å². The quantitative estimate of drug-likeness (QED) is 0.280. The van der Waals surface area contributed by atoms with Gasteiger partial charge < -0.3 is 9.47 Å². The van der Waals surface area contributed by atoms with E-state index in [2.05, 4.69) is 27.7 Å². The van der Waals surface area contributed by atoms with Gasteiger partial charge in [-0.3, -0.25) is 0 Å². The van der Waals surface area contributed by atoms with E-state index in [0.29, 0.717) is 24.4 Å². The van der Waals surface area contributed by atoms with Crippen LogP contribution in [0, 0.1) is 35.5 Å². The lowest BCUT2D eigenvalue weighted by molar-refractivity contribution is 0.184. The SMILES string of the molecule is CC(C)C(CCCCCCC(C(C)C)C1CCC2OC2C1)C1CCC2OC2C1. The molecule has 0 N–H and O–H groups in total. The van der Waals surface area contributed by atoms with Crippen LogP contribution in [-0.4, -0.2) is 24.4 Å². The standard InChI is InChI=1S/C26H46O2/c1-17(2)21(19-11-13-23-25(15-19)27-23)9-7-5-6-8-10-22(18(3)4)20-12-14-24-26(16-20)28-24/h17-26H,5-16H2,1-4H3. The number of hydrogen-bond acceptors (Lipinski definition) is 2. The monoisotopic (exact) mass is 390 g/mol. The fraction of sp³-hybridized carbons (Fsp3) is 1.00. The Bertz CT molecular complexity index is 443.